The van der Waals surface area contributed by atoms with E-state index in [1.807, 2.05) is 23.1 Å². The van der Waals surface area contributed by atoms with E-state index in [4.69, 9.17) is 0 Å². The monoisotopic (exact) mass is 392 g/mol. The van der Waals surface area contributed by atoms with Crippen molar-refractivity contribution in [2.24, 2.45) is 0 Å². The second kappa shape index (κ2) is 7.81. The van der Waals surface area contributed by atoms with E-state index >= 15 is 0 Å². The summed E-state index contributed by atoms with van der Waals surface area (Å²) in [7, 11) is 0. The molecule has 1 aromatic carbocycles. The molecule has 0 aliphatic carbocycles. The van der Waals surface area contributed by atoms with Crippen molar-refractivity contribution in [3.8, 4) is 0 Å². The number of hydrogen-bond donors (Lipinski definition) is 1. The van der Waals surface area contributed by atoms with Crippen molar-refractivity contribution in [2.75, 3.05) is 18.4 Å². The van der Waals surface area contributed by atoms with E-state index < -0.39 is 0 Å². The molecule has 3 heterocycles. The molecule has 29 heavy (non-hydrogen) atoms. The maximum Gasteiger partial charge on any atom is 0.245 e. The molecule has 1 aliphatic heterocycles. The summed E-state index contributed by atoms with van der Waals surface area (Å²) in [5.41, 5.74) is 1.86. The number of aromatic nitrogens is 4. The highest BCUT2D eigenvalue weighted by Crippen LogP contribution is 2.22. The molecule has 3 aromatic rings. The van der Waals surface area contributed by atoms with Gasteiger partial charge in [-0.25, -0.2) is 0 Å². The molecule has 1 saturated heterocycles. The third-order valence-electron chi connectivity index (χ3n) is 5.29. The molecule has 1 N–H and O–H groups in total. The maximum atomic E-state index is 12.8. The van der Waals surface area contributed by atoms with Crippen LogP contribution >= 0.6 is 0 Å². The molecular weight excluding hydrogens is 364 g/mol. The number of fused-ring (bicyclic) bond motifs is 1. The van der Waals surface area contributed by atoms with Gasteiger partial charge in [0, 0.05) is 18.5 Å². The summed E-state index contributed by atoms with van der Waals surface area (Å²) in [5.74, 6) is 1.63. The van der Waals surface area contributed by atoms with Crippen molar-refractivity contribution < 1.29 is 4.79 Å². The fraction of sp³-hybridized carbons (Fsp3) is 0.455. The van der Waals surface area contributed by atoms with Crippen molar-refractivity contribution in [1.29, 1.82) is 0 Å². The van der Waals surface area contributed by atoms with Crippen LogP contribution in [-0.4, -0.2) is 49.7 Å². The van der Waals surface area contributed by atoms with E-state index in [0.29, 0.717) is 11.5 Å². The third kappa shape index (κ3) is 4.23. The first-order valence-corrected chi connectivity index (χ1v) is 10.2. The van der Waals surface area contributed by atoms with Crippen LogP contribution in [0.3, 0.4) is 0 Å². The Balaban J connectivity index is 1.38. The van der Waals surface area contributed by atoms with Gasteiger partial charge in [-0.15, -0.1) is 15.3 Å². The van der Waals surface area contributed by atoms with Gasteiger partial charge in [-0.3, -0.25) is 4.79 Å². The van der Waals surface area contributed by atoms with E-state index in [1.165, 1.54) is 5.56 Å². The van der Waals surface area contributed by atoms with E-state index in [2.05, 4.69) is 65.6 Å². The number of carbonyl (C=O) groups is 1. The van der Waals surface area contributed by atoms with Crippen LogP contribution in [0.1, 0.15) is 45.0 Å². The molecule has 0 radical (unpaired) electrons. The van der Waals surface area contributed by atoms with Gasteiger partial charge in [-0.1, -0.05) is 51.1 Å². The number of benzene rings is 1. The minimum Gasteiger partial charge on any atom is -0.357 e. The van der Waals surface area contributed by atoms with Crippen molar-refractivity contribution in [3.05, 3.63) is 53.9 Å². The summed E-state index contributed by atoms with van der Waals surface area (Å²) in [6.07, 6.45) is 2.75. The normalized spacial score (nSPS) is 17.3. The predicted molar refractivity (Wildman–Crippen MR) is 113 cm³/mol. The highest BCUT2D eigenvalue weighted by molar-refractivity contribution is 5.86. The Labute approximate surface area is 171 Å². The first-order valence-electron chi connectivity index (χ1n) is 10.2. The van der Waals surface area contributed by atoms with Gasteiger partial charge in [0.25, 0.3) is 0 Å². The van der Waals surface area contributed by atoms with E-state index in [-0.39, 0.29) is 17.4 Å². The van der Waals surface area contributed by atoms with E-state index in [0.717, 1.165) is 38.2 Å². The summed E-state index contributed by atoms with van der Waals surface area (Å²) in [6, 6.07) is 13.9. The second-order valence-electron chi connectivity index (χ2n) is 8.66. The zero-order valence-corrected chi connectivity index (χ0v) is 17.3. The lowest BCUT2D eigenvalue weighted by molar-refractivity contribution is -0.128. The second-order valence-corrected chi connectivity index (χ2v) is 8.66. The van der Waals surface area contributed by atoms with Crippen LogP contribution in [0, 0.1) is 0 Å². The molecule has 1 aliphatic rings. The predicted octanol–water partition coefficient (Wildman–Crippen LogP) is 3.07. The Morgan fingerprint density at radius 3 is 2.66 bits per heavy atom. The van der Waals surface area contributed by atoms with Crippen molar-refractivity contribution >= 4 is 17.4 Å². The van der Waals surface area contributed by atoms with Gasteiger partial charge >= 0.3 is 0 Å². The first kappa shape index (κ1) is 19.4. The Morgan fingerprint density at radius 2 is 1.90 bits per heavy atom. The Hall–Kier alpha value is -2.96. The number of nitrogens with one attached hydrogen (secondary N) is 1. The highest BCUT2D eigenvalue weighted by Gasteiger charge is 2.31. The molecule has 7 nitrogen and oxygen atoms in total. The molecule has 1 atom stereocenters. The molecule has 0 spiro atoms. The smallest absolute Gasteiger partial charge is 0.245 e. The quantitative estimate of drug-likeness (QED) is 0.698. The number of hydrogen-bond acceptors (Lipinski definition) is 5. The highest BCUT2D eigenvalue weighted by atomic mass is 16.2. The summed E-state index contributed by atoms with van der Waals surface area (Å²) in [4.78, 5) is 14.8. The zero-order chi connectivity index (χ0) is 20.4. The van der Waals surface area contributed by atoms with Gasteiger partial charge in [0.05, 0.1) is 0 Å². The number of rotatable bonds is 6. The van der Waals surface area contributed by atoms with Crippen LogP contribution in [0.5, 0.6) is 0 Å². The maximum absolute atomic E-state index is 12.8. The lowest BCUT2D eigenvalue weighted by atomic mass is 9.96. The van der Waals surface area contributed by atoms with Gasteiger partial charge in [0.2, 0.25) is 5.91 Å². The summed E-state index contributed by atoms with van der Waals surface area (Å²) in [5, 5.41) is 16.4. The fourth-order valence-electron chi connectivity index (χ4n) is 3.73. The number of aryl methyl sites for hydroxylation is 1. The van der Waals surface area contributed by atoms with Crippen LogP contribution in [-0.2, 0) is 16.6 Å². The Morgan fingerprint density at radius 1 is 1.10 bits per heavy atom. The lowest BCUT2D eigenvalue weighted by Gasteiger charge is -2.18. The average Bonchev–Trinajstić information content (AvgIpc) is 3.27. The van der Waals surface area contributed by atoms with Gasteiger partial charge in [-0.2, -0.15) is 4.52 Å². The standard InChI is InChI=1S/C22H28N6O/c1-22(2,3)21-25-24-19-12-11-18(26-28(19)21)23-17-13-15-27(20(17)29)14-7-10-16-8-5-4-6-9-16/h4-6,8-9,11-12,17H,7,10,13-15H2,1-3H3,(H,23,26). The number of likely N-dealkylation sites (tertiary alicyclic amines) is 1. The summed E-state index contributed by atoms with van der Waals surface area (Å²) in [6.45, 7) is 7.82. The number of nitrogens with zero attached hydrogens (tertiary/aromatic N) is 5. The fourth-order valence-corrected chi connectivity index (χ4v) is 3.73. The molecule has 0 bridgehead atoms. The van der Waals surface area contributed by atoms with Crippen LogP contribution in [0.25, 0.3) is 5.65 Å². The number of carbonyl (C=O) groups excluding carboxylic acids is 1. The number of amides is 1. The topological polar surface area (TPSA) is 75.4 Å². The van der Waals surface area contributed by atoms with Crippen LogP contribution < -0.4 is 5.32 Å². The SMILES string of the molecule is CC(C)(C)c1nnc2ccc(NC3CCN(CCCc4ccccc4)C3=O)nn12. The molecule has 4 rings (SSSR count). The molecule has 1 fully saturated rings. The molecular formula is C22H28N6O. The van der Waals surface area contributed by atoms with Crippen LogP contribution in [0.2, 0.25) is 0 Å². The van der Waals surface area contributed by atoms with Crippen molar-refractivity contribution in [2.45, 2.75) is 51.5 Å². The summed E-state index contributed by atoms with van der Waals surface area (Å²) < 4.78 is 1.76. The van der Waals surface area contributed by atoms with Gasteiger partial charge in [0.15, 0.2) is 11.5 Å². The average molecular weight is 393 g/mol. The van der Waals surface area contributed by atoms with Gasteiger partial charge < -0.3 is 10.2 Å². The third-order valence-corrected chi connectivity index (χ3v) is 5.29. The van der Waals surface area contributed by atoms with Crippen LogP contribution in [0.15, 0.2) is 42.5 Å². The first-order chi connectivity index (χ1) is 13.9. The van der Waals surface area contributed by atoms with Gasteiger partial charge in [-0.05, 0) is 37.0 Å². The molecule has 0 saturated carbocycles. The van der Waals surface area contributed by atoms with E-state index in [1.54, 1.807) is 4.52 Å². The molecule has 2 aromatic heterocycles. The molecule has 1 amide bonds. The molecule has 1 unspecified atom stereocenters. The largest absolute Gasteiger partial charge is 0.357 e. The molecule has 7 heteroatoms. The lowest BCUT2D eigenvalue weighted by Crippen LogP contribution is -2.34. The minimum absolute atomic E-state index is 0.153. The summed E-state index contributed by atoms with van der Waals surface area (Å²) >= 11 is 0. The Kier molecular flexibility index (Phi) is 5.22. The Bertz CT molecular complexity index is 991. The number of anilines is 1. The van der Waals surface area contributed by atoms with Crippen molar-refractivity contribution in [3.63, 3.8) is 0 Å². The van der Waals surface area contributed by atoms with Gasteiger partial charge in [0.1, 0.15) is 11.9 Å². The zero-order valence-electron chi connectivity index (χ0n) is 17.3. The van der Waals surface area contributed by atoms with E-state index in [9.17, 15) is 4.79 Å². The molecule has 152 valence electrons. The van der Waals surface area contributed by atoms with Crippen LogP contribution in [0.4, 0.5) is 5.82 Å². The van der Waals surface area contributed by atoms with Crippen molar-refractivity contribution in [1.82, 2.24) is 24.7 Å². The minimum atomic E-state index is -0.230.